The van der Waals surface area contributed by atoms with Gasteiger partial charge in [0.2, 0.25) is 0 Å². The molecule has 1 aliphatic heterocycles. The summed E-state index contributed by atoms with van der Waals surface area (Å²) >= 11 is 0. The van der Waals surface area contributed by atoms with E-state index in [4.69, 9.17) is 10.5 Å². The van der Waals surface area contributed by atoms with E-state index in [-0.39, 0.29) is 24.8 Å². The number of nitrogens with one attached hydrogen (secondary N) is 2. The molecule has 6 heteroatoms. The predicted octanol–water partition coefficient (Wildman–Crippen LogP) is 4.26. The molecule has 1 unspecified atom stereocenters. The van der Waals surface area contributed by atoms with Crippen LogP contribution in [0.15, 0.2) is 54.0 Å². The lowest BCUT2D eigenvalue weighted by Gasteiger charge is -2.22. The SMILES string of the molecule is CC1=C(N)Nc2cc(CNC3CCc4ccccc43)ccc2O1.Cl.Cl. The van der Waals surface area contributed by atoms with Gasteiger partial charge in [0.05, 0.1) is 5.69 Å². The van der Waals surface area contributed by atoms with Crippen LogP contribution >= 0.6 is 24.8 Å². The van der Waals surface area contributed by atoms with Gasteiger partial charge in [0, 0.05) is 12.6 Å². The first kappa shape index (κ1) is 19.4. The second-order valence-corrected chi connectivity index (χ2v) is 6.20. The molecule has 1 heterocycles. The van der Waals surface area contributed by atoms with Gasteiger partial charge in [-0.2, -0.15) is 0 Å². The fourth-order valence-electron chi connectivity index (χ4n) is 3.34. The summed E-state index contributed by atoms with van der Waals surface area (Å²) in [7, 11) is 0. The van der Waals surface area contributed by atoms with Gasteiger partial charge in [0.1, 0.15) is 11.6 Å². The zero-order chi connectivity index (χ0) is 15.8. The molecule has 0 aromatic heterocycles. The van der Waals surface area contributed by atoms with Crippen molar-refractivity contribution in [2.45, 2.75) is 32.4 Å². The molecule has 0 spiro atoms. The van der Waals surface area contributed by atoms with Crippen molar-refractivity contribution in [2.24, 2.45) is 5.73 Å². The van der Waals surface area contributed by atoms with E-state index in [9.17, 15) is 0 Å². The van der Waals surface area contributed by atoms with E-state index < -0.39 is 0 Å². The summed E-state index contributed by atoms with van der Waals surface area (Å²) in [6.45, 7) is 2.69. The van der Waals surface area contributed by atoms with Crippen LogP contribution in [-0.2, 0) is 13.0 Å². The van der Waals surface area contributed by atoms with Gasteiger partial charge >= 0.3 is 0 Å². The van der Waals surface area contributed by atoms with Crippen molar-refractivity contribution in [1.29, 1.82) is 0 Å². The van der Waals surface area contributed by atoms with Crippen LogP contribution in [0, 0.1) is 0 Å². The third-order valence-electron chi connectivity index (χ3n) is 4.64. The van der Waals surface area contributed by atoms with Crippen molar-refractivity contribution in [1.82, 2.24) is 5.32 Å². The Hall–Kier alpha value is -1.88. The Balaban J connectivity index is 0.00000113. The summed E-state index contributed by atoms with van der Waals surface area (Å²) in [6, 6.07) is 15.3. The molecule has 2 aromatic carbocycles. The maximum atomic E-state index is 5.90. The first-order chi connectivity index (χ1) is 11.2. The molecule has 1 aliphatic carbocycles. The molecule has 4 rings (SSSR count). The van der Waals surface area contributed by atoms with E-state index in [1.807, 2.05) is 13.0 Å². The van der Waals surface area contributed by atoms with Gasteiger partial charge in [-0.05, 0) is 48.6 Å². The molecule has 4 N–H and O–H groups in total. The number of hydrogen-bond donors (Lipinski definition) is 3. The molecule has 2 aliphatic rings. The zero-order valence-corrected chi connectivity index (χ0v) is 15.7. The van der Waals surface area contributed by atoms with Gasteiger partial charge in [-0.3, -0.25) is 0 Å². The third-order valence-corrected chi connectivity index (χ3v) is 4.64. The van der Waals surface area contributed by atoms with Crippen molar-refractivity contribution < 1.29 is 4.74 Å². The van der Waals surface area contributed by atoms with Gasteiger partial charge in [-0.25, -0.2) is 0 Å². The van der Waals surface area contributed by atoms with Gasteiger partial charge in [-0.15, -0.1) is 24.8 Å². The van der Waals surface area contributed by atoms with Crippen molar-refractivity contribution in [3.05, 3.63) is 70.7 Å². The molecule has 134 valence electrons. The van der Waals surface area contributed by atoms with Crippen LogP contribution in [0.1, 0.15) is 36.1 Å². The van der Waals surface area contributed by atoms with Crippen LogP contribution < -0.4 is 21.1 Å². The van der Waals surface area contributed by atoms with Crippen LogP contribution in [-0.4, -0.2) is 0 Å². The highest BCUT2D eigenvalue weighted by Crippen LogP contribution is 2.33. The maximum absolute atomic E-state index is 5.90. The molecule has 25 heavy (non-hydrogen) atoms. The number of aryl methyl sites for hydroxylation is 1. The number of fused-ring (bicyclic) bond motifs is 2. The monoisotopic (exact) mass is 379 g/mol. The summed E-state index contributed by atoms with van der Waals surface area (Å²) in [5.74, 6) is 2.12. The summed E-state index contributed by atoms with van der Waals surface area (Å²) in [5, 5.41) is 6.87. The van der Waals surface area contributed by atoms with E-state index in [0.717, 1.165) is 24.4 Å². The highest BCUT2D eigenvalue weighted by molar-refractivity contribution is 5.85. The Morgan fingerprint density at radius 3 is 2.84 bits per heavy atom. The average molecular weight is 380 g/mol. The van der Waals surface area contributed by atoms with Crippen molar-refractivity contribution in [2.75, 3.05) is 5.32 Å². The van der Waals surface area contributed by atoms with Gasteiger partial charge in [0.25, 0.3) is 0 Å². The van der Waals surface area contributed by atoms with Crippen LogP contribution in [0.3, 0.4) is 0 Å². The number of rotatable bonds is 3. The normalized spacial score (nSPS) is 17.4. The fourth-order valence-corrected chi connectivity index (χ4v) is 3.34. The van der Waals surface area contributed by atoms with Crippen molar-refractivity contribution in [3.63, 3.8) is 0 Å². The lowest BCUT2D eigenvalue weighted by atomic mass is 10.1. The summed E-state index contributed by atoms with van der Waals surface area (Å²) in [5.41, 5.74) is 11.0. The molecular weight excluding hydrogens is 357 g/mol. The topological polar surface area (TPSA) is 59.3 Å². The number of ether oxygens (including phenoxy) is 1. The number of halogens is 2. The minimum atomic E-state index is 0. The van der Waals surface area contributed by atoms with E-state index in [1.165, 1.54) is 23.1 Å². The molecule has 0 amide bonds. The first-order valence-electron chi connectivity index (χ1n) is 8.06. The zero-order valence-electron chi connectivity index (χ0n) is 14.0. The lowest BCUT2D eigenvalue weighted by Crippen LogP contribution is -2.21. The van der Waals surface area contributed by atoms with Crippen molar-refractivity contribution >= 4 is 30.5 Å². The molecule has 0 saturated carbocycles. The maximum Gasteiger partial charge on any atom is 0.150 e. The Labute approximate surface area is 160 Å². The molecule has 4 nitrogen and oxygen atoms in total. The fraction of sp³-hybridized carbons (Fsp3) is 0.263. The number of anilines is 1. The third kappa shape index (κ3) is 3.87. The highest BCUT2D eigenvalue weighted by atomic mass is 35.5. The van der Waals surface area contributed by atoms with Crippen LogP contribution in [0.2, 0.25) is 0 Å². The smallest absolute Gasteiger partial charge is 0.150 e. The minimum Gasteiger partial charge on any atom is -0.456 e. The summed E-state index contributed by atoms with van der Waals surface area (Å²) in [6.07, 6.45) is 2.33. The number of nitrogens with two attached hydrogens (primary N) is 1. The average Bonchev–Trinajstić information content (AvgIpc) is 2.97. The molecule has 1 atom stereocenters. The molecule has 0 saturated heterocycles. The minimum absolute atomic E-state index is 0. The standard InChI is InChI=1S/C19H21N3O.2ClH/c1-12-19(20)22-17-10-13(6-9-18(17)23-12)11-21-16-8-7-14-4-2-3-5-15(14)16;;/h2-6,9-10,16,21-22H,7-8,11,20H2,1H3;2*1H. The molecular formula is C19H23Cl2N3O. The largest absolute Gasteiger partial charge is 0.456 e. The lowest BCUT2D eigenvalue weighted by molar-refractivity contribution is 0.415. The number of hydrogen-bond acceptors (Lipinski definition) is 4. The molecule has 0 radical (unpaired) electrons. The van der Waals surface area contributed by atoms with Gasteiger partial charge in [-0.1, -0.05) is 30.3 Å². The Bertz CT molecular complexity index is 792. The van der Waals surface area contributed by atoms with E-state index >= 15 is 0 Å². The van der Waals surface area contributed by atoms with Crippen LogP contribution in [0.4, 0.5) is 5.69 Å². The first-order valence-corrected chi connectivity index (χ1v) is 8.06. The number of benzene rings is 2. The van der Waals surface area contributed by atoms with E-state index in [0.29, 0.717) is 17.6 Å². The molecule has 0 fully saturated rings. The van der Waals surface area contributed by atoms with E-state index in [1.54, 1.807) is 0 Å². The van der Waals surface area contributed by atoms with Gasteiger partial charge in [0.15, 0.2) is 5.75 Å². The quantitative estimate of drug-likeness (QED) is 0.745. The second kappa shape index (κ2) is 8.00. The summed E-state index contributed by atoms with van der Waals surface area (Å²) in [4.78, 5) is 0. The van der Waals surface area contributed by atoms with Crippen molar-refractivity contribution in [3.8, 4) is 5.75 Å². The van der Waals surface area contributed by atoms with E-state index in [2.05, 4.69) is 47.0 Å². The van der Waals surface area contributed by atoms with Crippen LogP contribution in [0.25, 0.3) is 0 Å². The van der Waals surface area contributed by atoms with Crippen LogP contribution in [0.5, 0.6) is 5.75 Å². The Morgan fingerprint density at radius 1 is 1.20 bits per heavy atom. The second-order valence-electron chi connectivity index (χ2n) is 6.20. The molecule has 2 aromatic rings. The Morgan fingerprint density at radius 2 is 2.00 bits per heavy atom. The number of allylic oxidation sites excluding steroid dienone is 1. The van der Waals surface area contributed by atoms with Gasteiger partial charge < -0.3 is 21.1 Å². The Kier molecular flexibility index (Phi) is 6.22. The molecule has 0 bridgehead atoms. The predicted molar refractivity (Wildman–Crippen MR) is 106 cm³/mol. The highest BCUT2D eigenvalue weighted by Gasteiger charge is 2.21. The summed E-state index contributed by atoms with van der Waals surface area (Å²) < 4.78 is 5.70.